The lowest BCUT2D eigenvalue weighted by Crippen LogP contribution is -1.84. The van der Waals surface area contributed by atoms with Crippen LogP contribution in [0, 0.1) is 17.5 Å². The number of aromatic nitrogens is 2. The van der Waals surface area contributed by atoms with Crippen LogP contribution in [0.5, 0.6) is 0 Å². The molecule has 2 aromatic rings. The van der Waals surface area contributed by atoms with Crippen LogP contribution < -0.4 is 0 Å². The van der Waals surface area contributed by atoms with Gasteiger partial charge in [-0.3, -0.25) is 0 Å². The van der Waals surface area contributed by atoms with Gasteiger partial charge in [-0.15, -0.1) is 0 Å². The van der Waals surface area contributed by atoms with Gasteiger partial charge in [-0.2, -0.15) is 0 Å². The van der Waals surface area contributed by atoms with Gasteiger partial charge in [0.1, 0.15) is 5.82 Å². The Bertz CT molecular complexity index is 513. The molecule has 0 aliphatic rings. The van der Waals surface area contributed by atoms with Crippen molar-refractivity contribution < 1.29 is 4.39 Å². The molecule has 4 heteroatoms. The fourth-order valence-electron chi connectivity index (χ4n) is 1.25. The summed E-state index contributed by atoms with van der Waals surface area (Å²) in [6.45, 7) is 1.73. The Hall–Kier alpha value is -1.42. The highest BCUT2D eigenvalue weighted by molar-refractivity contribution is 7.71. The summed E-state index contributed by atoms with van der Waals surface area (Å²) < 4.78 is 13.8. The fourth-order valence-corrected chi connectivity index (χ4v) is 1.42. The zero-order valence-electron chi connectivity index (χ0n) is 7.60. The average molecular weight is 208 g/mol. The largest absolute Gasteiger partial charge is 0.337 e. The van der Waals surface area contributed by atoms with Crippen LogP contribution in [0.15, 0.2) is 24.4 Å². The molecule has 1 heterocycles. The lowest BCUT2D eigenvalue weighted by molar-refractivity contribution is 0.619. The molecule has 72 valence electrons. The van der Waals surface area contributed by atoms with Crippen LogP contribution in [0.3, 0.4) is 0 Å². The van der Waals surface area contributed by atoms with E-state index in [2.05, 4.69) is 9.97 Å². The predicted molar refractivity (Wildman–Crippen MR) is 56.1 cm³/mol. The zero-order valence-corrected chi connectivity index (χ0v) is 8.41. The Kier molecular flexibility index (Phi) is 2.21. The second-order valence-corrected chi connectivity index (χ2v) is 3.53. The molecule has 0 aliphatic heterocycles. The summed E-state index contributed by atoms with van der Waals surface area (Å²) >= 11 is 4.89. The highest BCUT2D eigenvalue weighted by Crippen LogP contribution is 2.19. The van der Waals surface area contributed by atoms with Crippen molar-refractivity contribution >= 4 is 12.2 Å². The number of H-pyrrole nitrogens is 2. The third-order valence-corrected chi connectivity index (χ3v) is 2.30. The van der Waals surface area contributed by atoms with E-state index in [9.17, 15) is 4.39 Å². The van der Waals surface area contributed by atoms with Gasteiger partial charge in [0.05, 0.1) is 5.69 Å². The lowest BCUT2D eigenvalue weighted by Gasteiger charge is -1.99. The number of rotatable bonds is 1. The standard InChI is InChI=1S/C10H9FN2S/c1-6-2-3-7(4-8(6)11)9-5-12-10(14)13-9/h2-5H,1H3,(H2,12,13,14). The van der Waals surface area contributed by atoms with Gasteiger partial charge in [0, 0.05) is 11.8 Å². The minimum atomic E-state index is -0.206. The average Bonchev–Trinajstić information content (AvgIpc) is 2.57. The molecular weight excluding hydrogens is 199 g/mol. The first-order valence-electron chi connectivity index (χ1n) is 4.21. The minimum Gasteiger partial charge on any atom is -0.337 e. The summed E-state index contributed by atoms with van der Waals surface area (Å²) in [4.78, 5) is 5.77. The number of aromatic amines is 2. The van der Waals surface area contributed by atoms with Crippen LogP contribution in [-0.4, -0.2) is 9.97 Å². The van der Waals surface area contributed by atoms with Crippen molar-refractivity contribution in [1.29, 1.82) is 0 Å². The smallest absolute Gasteiger partial charge is 0.174 e. The normalized spacial score (nSPS) is 10.4. The van der Waals surface area contributed by atoms with Crippen LogP contribution in [0.25, 0.3) is 11.3 Å². The number of nitrogens with one attached hydrogen (secondary N) is 2. The van der Waals surface area contributed by atoms with Crippen LogP contribution in [0.4, 0.5) is 4.39 Å². The summed E-state index contributed by atoms with van der Waals surface area (Å²) in [5, 5.41) is 0. The van der Waals surface area contributed by atoms with E-state index in [1.165, 1.54) is 6.07 Å². The van der Waals surface area contributed by atoms with E-state index in [1.54, 1.807) is 19.2 Å². The Balaban J connectivity index is 2.52. The number of halogens is 1. The molecule has 0 spiro atoms. The first-order chi connectivity index (χ1) is 6.66. The summed E-state index contributed by atoms with van der Waals surface area (Å²) in [7, 11) is 0. The first-order valence-corrected chi connectivity index (χ1v) is 4.62. The Morgan fingerprint density at radius 3 is 2.71 bits per heavy atom. The van der Waals surface area contributed by atoms with Crippen LogP contribution in [-0.2, 0) is 0 Å². The molecule has 0 bridgehead atoms. The van der Waals surface area contributed by atoms with Crippen LogP contribution in [0.1, 0.15) is 5.56 Å². The molecule has 0 saturated heterocycles. The molecule has 0 amide bonds. The molecule has 0 fully saturated rings. The van der Waals surface area contributed by atoms with Gasteiger partial charge < -0.3 is 9.97 Å². The van der Waals surface area contributed by atoms with Crippen molar-refractivity contribution in [2.75, 3.05) is 0 Å². The number of imidazole rings is 1. The number of aryl methyl sites for hydroxylation is 1. The maximum Gasteiger partial charge on any atom is 0.174 e. The van der Waals surface area contributed by atoms with Crippen molar-refractivity contribution in [3.05, 3.63) is 40.5 Å². The minimum absolute atomic E-state index is 0.206. The van der Waals surface area contributed by atoms with E-state index in [4.69, 9.17) is 12.2 Å². The molecule has 0 unspecified atom stereocenters. The maximum atomic E-state index is 13.2. The highest BCUT2D eigenvalue weighted by atomic mass is 32.1. The molecule has 1 aromatic heterocycles. The molecule has 2 nitrogen and oxygen atoms in total. The SMILES string of the molecule is Cc1ccc(-c2c[nH]c(=S)[nH]2)cc1F. The molecule has 2 N–H and O–H groups in total. The van der Waals surface area contributed by atoms with Crippen molar-refractivity contribution in [1.82, 2.24) is 9.97 Å². The highest BCUT2D eigenvalue weighted by Gasteiger charge is 2.02. The van der Waals surface area contributed by atoms with Gasteiger partial charge in [-0.1, -0.05) is 12.1 Å². The van der Waals surface area contributed by atoms with E-state index in [0.29, 0.717) is 10.3 Å². The summed E-state index contributed by atoms with van der Waals surface area (Å²) in [6.07, 6.45) is 1.73. The van der Waals surface area contributed by atoms with Gasteiger partial charge in [-0.25, -0.2) is 4.39 Å². The number of benzene rings is 1. The van der Waals surface area contributed by atoms with Crippen molar-refractivity contribution in [3.8, 4) is 11.3 Å². The monoisotopic (exact) mass is 208 g/mol. The third-order valence-electron chi connectivity index (χ3n) is 2.08. The number of hydrogen-bond acceptors (Lipinski definition) is 1. The van der Waals surface area contributed by atoms with E-state index in [-0.39, 0.29) is 5.82 Å². The predicted octanol–water partition coefficient (Wildman–Crippen LogP) is 3.19. The first kappa shape index (κ1) is 9.15. The summed E-state index contributed by atoms with van der Waals surface area (Å²) in [6, 6.07) is 5.09. The molecule has 0 aliphatic carbocycles. The van der Waals surface area contributed by atoms with E-state index < -0.39 is 0 Å². The summed E-state index contributed by atoms with van der Waals surface area (Å²) in [5.74, 6) is -0.206. The second-order valence-electron chi connectivity index (χ2n) is 3.12. The van der Waals surface area contributed by atoms with E-state index in [1.807, 2.05) is 6.07 Å². The van der Waals surface area contributed by atoms with Gasteiger partial charge in [0.15, 0.2) is 4.77 Å². The third kappa shape index (κ3) is 1.61. The second kappa shape index (κ2) is 3.38. The Labute approximate surface area is 85.8 Å². The molecule has 0 atom stereocenters. The quantitative estimate of drug-likeness (QED) is 0.693. The van der Waals surface area contributed by atoms with Gasteiger partial charge in [0.2, 0.25) is 0 Å². The number of hydrogen-bond donors (Lipinski definition) is 2. The van der Waals surface area contributed by atoms with Crippen molar-refractivity contribution in [2.45, 2.75) is 6.92 Å². The van der Waals surface area contributed by atoms with Crippen LogP contribution >= 0.6 is 12.2 Å². The van der Waals surface area contributed by atoms with Gasteiger partial charge in [-0.05, 0) is 30.8 Å². The zero-order chi connectivity index (χ0) is 10.1. The van der Waals surface area contributed by atoms with Crippen molar-refractivity contribution in [3.63, 3.8) is 0 Å². The van der Waals surface area contributed by atoms with Crippen molar-refractivity contribution in [2.24, 2.45) is 0 Å². The molecular formula is C10H9FN2S. The molecule has 14 heavy (non-hydrogen) atoms. The topological polar surface area (TPSA) is 31.6 Å². The Morgan fingerprint density at radius 2 is 2.14 bits per heavy atom. The van der Waals surface area contributed by atoms with Gasteiger partial charge in [0.25, 0.3) is 0 Å². The van der Waals surface area contributed by atoms with E-state index >= 15 is 0 Å². The maximum absolute atomic E-state index is 13.2. The fraction of sp³-hybridized carbons (Fsp3) is 0.100. The molecule has 0 radical (unpaired) electrons. The molecule has 2 rings (SSSR count). The Morgan fingerprint density at radius 1 is 1.36 bits per heavy atom. The van der Waals surface area contributed by atoms with Crippen LogP contribution in [0.2, 0.25) is 0 Å². The van der Waals surface area contributed by atoms with E-state index in [0.717, 1.165) is 11.3 Å². The van der Waals surface area contributed by atoms with Gasteiger partial charge >= 0.3 is 0 Å². The summed E-state index contributed by atoms with van der Waals surface area (Å²) in [5.41, 5.74) is 2.23. The lowest BCUT2D eigenvalue weighted by atomic mass is 10.1. The molecule has 1 aromatic carbocycles. The molecule has 0 saturated carbocycles.